The summed E-state index contributed by atoms with van der Waals surface area (Å²) in [6.07, 6.45) is -4.22. The first-order chi connectivity index (χ1) is 12.4. The summed E-state index contributed by atoms with van der Waals surface area (Å²) in [6.45, 7) is 2.10. The number of benzene rings is 1. The van der Waals surface area contributed by atoms with E-state index in [1.54, 1.807) is 30.3 Å². The van der Waals surface area contributed by atoms with Crippen LogP contribution in [0.5, 0.6) is 0 Å². The zero-order chi connectivity index (χ0) is 20.6. The van der Waals surface area contributed by atoms with Gasteiger partial charge in [0.25, 0.3) is 0 Å². The Labute approximate surface area is 156 Å². The van der Waals surface area contributed by atoms with Crippen LogP contribution < -0.4 is 0 Å². The smallest absolute Gasteiger partial charge is 0.192 e. The lowest BCUT2D eigenvalue weighted by Crippen LogP contribution is -2.83. The normalized spacial score (nSPS) is 34.7. The molecule has 0 spiro atoms. The van der Waals surface area contributed by atoms with Crippen LogP contribution in [0.2, 0.25) is 0 Å². The fourth-order valence-corrected chi connectivity index (χ4v) is 3.71. The molecule has 5 atom stereocenters. The summed E-state index contributed by atoms with van der Waals surface area (Å²) in [5, 5.41) is 43.6. The average Bonchev–Trinajstić information content (AvgIpc) is 2.59. The molecule has 0 amide bonds. The van der Waals surface area contributed by atoms with E-state index in [4.69, 9.17) is 4.74 Å². The molecule has 1 heterocycles. The van der Waals surface area contributed by atoms with Crippen molar-refractivity contribution < 1.29 is 39.5 Å². The van der Waals surface area contributed by atoms with Gasteiger partial charge in [-0.15, -0.1) is 0 Å². The first-order valence-electron chi connectivity index (χ1n) is 8.45. The lowest BCUT2D eigenvalue weighted by molar-refractivity contribution is -0.313. The largest absolute Gasteiger partial charge is 0.383 e. The lowest BCUT2D eigenvalue weighted by Gasteiger charge is -2.56. The van der Waals surface area contributed by atoms with Crippen molar-refractivity contribution >= 4 is 17.3 Å². The van der Waals surface area contributed by atoms with Crippen molar-refractivity contribution in [2.45, 2.75) is 56.2 Å². The zero-order valence-electron chi connectivity index (χ0n) is 15.4. The molecule has 1 unspecified atom stereocenters. The number of hydrogen-bond acceptors (Lipinski definition) is 8. The molecule has 1 aromatic rings. The van der Waals surface area contributed by atoms with Gasteiger partial charge in [0.15, 0.2) is 28.6 Å². The highest BCUT2D eigenvalue weighted by atomic mass is 16.5. The second kappa shape index (κ2) is 7.21. The molecule has 1 aliphatic heterocycles. The van der Waals surface area contributed by atoms with Crippen LogP contribution in [0.1, 0.15) is 26.3 Å². The number of ketones is 3. The van der Waals surface area contributed by atoms with E-state index in [-0.39, 0.29) is 6.42 Å². The molecule has 1 aromatic carbocycles. The predicted molar refractivity (Wildman–Crippen MR) is 92.8 cm³/mol. The number of aliphatic hydroxyl groups excluding tert-OH is 1. The van der Waals surface area contributed by atoms with Crippen LogP contribution in [0.25, 0.3) is 0 Å². The molecule has 0 saturated carbocycles. The summed E-state index contributed by atoms with van der Waals surface area (Å²) >= 11 is 0. The van der Waals surface area contributed by atoms with Gasteiger partial charge in [-0.2, -0.15) is 0 Å². The third kappa shape index (κ3) is 3.13. The van der Waals surface area contributed by atoms with E-state index in [2.05, 4.69) is 0 Å². The standard InChI is InChI=1S/C19H24O8/c1-11(20)15(23)16-18(25,12(2)21)19(26,13(3)22)17(24,10-27-16)9-14-7-5-4-6-8-14/h4-8,15-16,23-26H,9-10H2,1-3H3/t15?,16-,17-,18-,19-/m1/s1. The van der Waals surface area contributed by atoms with Gasteiger partial charge in [-0.3, -0.25) is 14.4 Å². The molecule has 0 aliphatic carbocycles. The van der Waals surface area contributed by atoms with Gasteiger partial charge in [-0.1, -0.05) is 30.3 Å². The van der Waals surface area contributed by atoms with Gasteiger partial charge in [0.2, 0.25) is 0 Å². The van der Waals surface area contributed by atoms with Gasteiger partial charge in [-0.25, -0.2) is 0 Å². The Morgan fingerprint density at radius 3 is 2.07 bits per heavy atom. The first-order valence-corrected chi connectivity index (χ1v) is 8.45. The molecule has 0 bridgehead atoms. The Hall–Kier alpha value is -1.97. The van der Waals surface area contributed by atoms with Crippen LogP contribution in [-0.2, 0) is 25.5 Å². The monoisotopic (exact) mass is 380 g/mol. The number of aliphatic hydroxyl groups is 4. The lowest BCUT2D eigenvalue weighted by atomic mass is 9.60. The second-order valence-corrected chi connectivity index (χ2v) is 7.07. The number of hydrogen-bond donors (Lipinski definition) is 4. The molecule has 2 rings (SSSR count). The van der Waals surface area contributed by atoms with Gasteiger partial charge in [-0.05, 0) is 26.3 Å². The number of carbonyl (C=O) groups is 3. The maximum atomic E-state index is 12.4. The Balaban J connectivity index is 2.65. The molecule has 1 aliphatic rings. The molecule has 0 aromatic heterocycles. The molecular weight excluding hydrogens is 356 g/mol. The highest BCUT2D eigenvalue weighted by Crippen LogP contribution is 2.45. The minimum atomic E-state index is -3.04. The predicted octanol–water partition coefficient (Wildman–Crippen LogP) is -1.05. The Bertz CT molecular complexity index is 747. The van der Waals surface area contributed by atoms with Gasteiger partial charge >= 0.3 is 0 Å². The van der Waals surface area contributed by atoms with Crippen molar-refractivity contribution in [3.8, 4) is 0 Å². The molecule has 1 saturated heterocycles. The molecule has 0 radical (unpaired) electrons. The van der Waals surface area contributed by atoms with E-state index in [0.29, 0.717) is 5.56 Å². The molecular formula is C19H24O8. The Kier molecular flexibility index (Phi) is 5.70. The van der Waals surface area contributed by atoms with E-state index >= 15 is 0 Å². The summed E-state index contributed by atoms with van der Waals surface area (Å²) in [6, 6.07) is 8.33. The maximum absolute atomic E-state index is 12.4. The summed E-state index contributed by atoms with van der Waals surface area (Å²) in [7, 11) is 0. The van der Waals surface area contributed by atoms with Crippen molar-refractivity contribution in [1.82, 2.24) is 0 Å². The van der Waals surface area contributed by atoms with Crippen molar-refractivity contribution in [3.05, 3.63) is 35.9 Å². The van der Waals surface area contributed by atoms with Crippen LogP contribution in [0, 0.1) is 0 Å². The van der Waals surface area contributed by atoms with E-state index in [1.807, 2.05) is 0 Å². The average molecular weight is 380 g/mol. The van der Waals surface area contributed by atoms with Gasteiger partial charge in [0.05, 0.1) is 6.61 Å². The number of carbonyl (C=O) groups excluding carboxylic acids is 3. The van der Waals surface area contributed by atoms with Gasteiger partial charge in [0.1, 0.15) is 17.8 Å². The molecule has 8 heteroatoms. The summed E-state index contributed by atoms with van der Waals surface area (Å²) in [4.78, 5) is 36.4. The van der Waals surface area contributed by atoms with Crippen LogP contribution >= 0.6 is 0 Å². The molecule has 1 fully saturated rings. The van der Waals surface area contributed by atoms with Crippen molar-refractivity contribution in [3.63, 3.8) is 0 Å². The number of ether oxygens (including phenoxy) is 1. The Morgan fingerprint density at radius 1 is 1.07 bits per heavy atom. The van der Waals surface area contributed by atoms with Crippen LogP contribution in [0.4, 0.5) is 0 Å². The van der Waals surface area contributed by atoms with Crippen molar-refractivity contribution in [1.29, 1.82) is 0 Å². The second-order valence-electron chi connectivity index (χ2n) is 7.07. The molecule has 4 N–H and O–H groups in total. The summed E-state index contributed by atoms with van der Waals surface area (Å²) < 4.78 is 5.31. The molecule has 148 valence electrons. The maximum Gasteiger partial charge on any atom is 0.192 e. The third-order valence-corrected chi connectivity index (χ3v) is 5.23. The quantitative estimate of drug-likeness (QED) is 0.490. The fourth-order valence-electron chi connectivity index (χ4n) is 3.71. The van der Waals surface area contributed by atoms with Crippen LogP contribution in [-0.4, -0.2) is 73.4 Å². The van der Waals surface area contributed by atoms with E-state index in [9.17, 15) is 34.8 Å². The third-order valence-electron chi connectivity index (χ3n) is 5.23. The van der Waals surface area contributed by atoms with E-state index in [1.165, 1.54) is 0 Å². The summed E-state index contributed by atoms with van der Waals surface area (Å²) in [5.74, 6) is -3.06. The van der Waals surface area contributed by atoms with Gasteiger partial charge in [0, 0.05) is 6.42 Å². The van der Waals surface area contributed by atoms with Crippen molar-refractivity contribution in [2.75, 3.05) is 6.61 Å². The molecule has 27 heavy (non-hydrogen) atoms. The number of rotatable bonds is 6. The topological polar surface area (TPSA) is 141 Å². The molecule has 8 nitrogen and oxygen atoms in total. The van der Waals surface area contributed by atoms with E-state index in [0.717, 1.165) is 20.8 Å². The highest BCUT2D eigenvalue weighted by molar-refractivity contribution is 6.00. The number of Topliss-reactive ketones (excluding diaryl/α,β-unsaturated/α-hetero) is 3. The Morgan fingerprint density at radius 2 is 1.63 bits per heavy atom. The first kappa shape index (κ1) is 21.3. The van der Waals surface area contributed by atoms with E-state index < -0.39 is 53.0 Å². The van der Waals surface area contributed by atoms with Crippen molar-refractivity contribution in [2.24, 2.45) is 0 Å². The zero-order valence-corrected chi connectivity index (χ0v) is 15.4. The fraction of sp³-hybridized carbons (Fsp3) is 0.526. The summed E-state index contributed by atoms with van der Waals surface area (Å²) in [5.41, 5.74) is -7.92. The SMILES string of the molecule is CC(=O)C(O)[C@H]1OC[C@](O)(Cc2ccccc2)[C@](O)(C(C)=O)[C@@]1(O)C(C)=O. The minimum absolute atomic E-state index is 0.317. The van der Waals surface area contributed by atoms with Gasteiger partial charge < -0.3 is 25.2 Å². The van der Waals surface area contributed by atoms with Crippen LogP contribution in [0.15, 0.2) is 30.3 Å². The minimum Gasteiger partial charge on any atom is -0.383 e. The van der Waals surface area contributed by atoms with Crippen LogP contribution in [0.3, 0.4) is 0 Å². The highest BCUT2D eigenvalue weighted by Gasteiger charge is 2.74.